The highest BCUT2D eigenvalue weighted by Gasteiger charge is 2.21. The van der Waals surface area contributed by atoms with Crippen molar-refractivity contribution in [3.8, 4) is 16.9 Å². The maximum absolute atomic E-state index is 14.4. The Kier molecular flexibility index (Phi) is 5.92. The first-order valence-corrected chi connectivity index (χ1v) is 7.86. The van der Waals surface area contributed by atoms with E-state index in [1.54, 1.807) is 6.07 Å². The number of carboxylic acid groups (broad SMARTS) is 1. The van der Waals surface area contributed by atoms with E-state index in [4.69, 9.17) is 9.84 Å². The van der Waals surface area contributed by atoms with Gasteiger partial charge in [-0.25, -0.2) is 8.78 Å². The van der Waals surface area contributed by atoms with Crippen molar-refractivity contribution in [2.75, 3.05) is 20.7 Å². The molecule has 26 heavy (non-hydrogen) atoms. The summed E-state index contributed by atoms with van der Waals surface area (Å²) in [6.07, 6.45) is 0. The van der Waals surface area contributed by atoms with Crippen molar-refractivity contribution >= 4 is 11.9 Å². The van der Waals surface area contributed by atoms with Crippen molar-refractivity contribution < 1.29 is 28.2 Å². The molecule has 0 radical (unpaired) electrons. The summed E-state index contributed by atoms with van der Waals surface area (Å²) >= 11 is 0. The molecule has 0 saturated heterocycles. The fourth-order valence-corrected chi connectivity index (χ4v) is 2.49. The zero-order valence-electron chi connectivity index (χ0n) is 14.6. The highest BCUT2D eigenvalue weighted by atomic mass is 19.1. The van der Waals surface area contributed by atoms with Crippen LogP contribution in [0.1, 0.15) is 17.3 Å². The minimum atomic E-state index is -1.05. The average Bonchev–Trinajstić information content (AvgIpc) is 2.60. The first-order chi connectivity index (χ1) is 12.2. The number of carbonyl (C=O) groups is 2. The number of hydrogen-bond acceptors (Lipinski definition) is 3. The Morgan fingerprint density at radius 3 is 2.38 bits per heavy atom. The highest BCUT2D eigenvalue weighted by molar-refractivity contribution is 5.95. The molecule has 1 unspecified atom stereocenters. The van der Waals surface area contributed by atoms with Gasteiger partial charge in [0.2, 0.25) is 0 Å². The predicted molar refractivity (Wildman–Crippen MR) is 92.1 cm³/mol. The number of halogens is 2. The molecule has 0 fully saturated rings. The number of benzene rings is 2. The van der Waals surface area contributed by atoms with Gasteiger partial charge >= 0.3 is 5.97 Å². The second-order valence-corrected chi connectivity index (χ2v) is 5.97. The lowest BCUT2D eigenvalue weighted by Gasteiger charge is -2.20. The smallest absolute Gasteiger partial charge is 0.308 e. The Labute approximate surface area is 149 Å². The third-order valence-corrected chi connectivity index (χ3v) is 4.00. The van der Waals surface area contributed by atoms with Gasteiger partial charge in [-0.3, -0.25) is 9.59 Å². The lowest BCUT2D eigenvalue weighted by atomic mass is 10.0. The van der Waals surface area contributed by atoms with Gasteiger partial charge in [-0.05, 0) is 29.8 Å². The van der Waals surface area contributed by atoms with Crippen LogP contribution in [-0.4, -0.2) is 42.6 Å². The van der Waals surface area contributed by atoms with Crippen LogP contribution in [-0.2, 0) is 4.79 Å². The van der Waals surface area contributed by atoms with Crippen LogP contribution in [0, 0.1) is 17.6 Å². The van der Waals surface area contributed by atoms with E-state index in [0.29, 0.717) is 5.75 Å². The van der Waals surface area contributed by atoms with Gasteiger partial charge in [0.1, 0.15) is 17.4 Å². The zero-order chi connectivity index (χ0) is 19.4. The van der Waals surface area contributed by atoms with Crippen molar-refractivity contribution in [3.63, 3.8) is 0 Å². The van der Waals surface area contributed by atoms with E-state index in [-0.39, 0.29) is 23.2 Å². The normalized spacial score (nSPS) is 11.7. The summed E-state index contributed by atoms with van der Waals surface area (Å²) in [6, 6.07) is 7.98. The third-order valence-electron chi connectivity index (χ3n) is 4.00. The maximum atomic E-state index is 14.4. The number of hydrogen-bond donors (Lipinski definition) is 1. The number of carbonyl (C=O) groups excluding carboxylic acids is 1. The molecule has 1 N–H and O–H groups in total. The number of carboxylic acids is 1. The molecule has 138 valence electrons. The van der Waals surface area contributed by atoms with Crippen molar-refractivity contribution in [2.24, 2.45) is 5.92 Å². The maximum Gasteiger partial charge on any atom is 0.308 e. The summed E-state index contributed by atoms with van der Waals surface area (Å²) in [4.78, 5) is 24.4. The fraction of sp³-hybridized carbons (Fsp3) is 0.263. The highest BCUT2D eigenvalue weighted by Crippen LogP contribution is 2.28. The molecule has 1 atom stereocenters. The molecule has 7 heteroatoms. The Morgan fingerprint density at radius 2 is 1.85 bits per heavy atom. The number of aliphatic carboxylic acids is 1. The van der Waals surface area contributed by atoms with Gasteiger partial charge < -0.3 is 14.7 Å². The molecule has 0 saturated carbocycles. The van der Waals surface area contributed by atoms with Gasteiger partial charge in [0.15, 0.2) is 0 Å². The summed E-state index contributed by atoms with van der Waals surface area (Å²) in [6.45, 7) is 1.40. The molecule has 0 aliphatic carbocycles. The van der Waals surface area contributed by atoms with Crippen LogP contribution < -0.4 is 4.74 Å². The van der Waals surface area contributed by atoms with Crippen LogP contribution in [0.3, 0.4) is 0 Å². The third kappa shape index (κ3) is 4.17. The molecule has 0 heterocycles. The van der Waals surface area contributed by atoms with E-state index in [1.165, 1.54) is 45.3 Å². The van der Waals surface area contributed by atoms with E-state index >= 15 is 0 Å². The average molecular weight is 363 g/mol. The molecule has 5 nitrogen and oxygen atoms in total. The summed E-state index contributed by atoms with van der Waals surface area (Å²) in [5, 5.41) is 8.91. The van der Waals surface area contributed by atoms with Gasteiger partial charge in [0.05, 0.1) is 18.6 Å². The molecular formula is C19H19F2NO4. The largest absolute Gasteiger partial charge is 0.497 e. The molecule has 0 bridgehead atoms. The number of amides is 1. The van der Waals surface area contributed by atoms with E-state index < -0.39 is 29.4 Å². The minimum absolute atomic E-state index is 0.0531. The zero-order valence-corrected chi connectivity index (χ0v) is 14.6. The van der Waals surface area contributed by atoms with E-state index in [9.17, 15) is 18.4 Å². The summed E-state index contributed by atoms with van der Waals surface area (Å²) in [5.74, 6) is -3.51. The van der Waals surface area contributed by atoms with Crippen LogP contribution in [0.4, 0.5) is 8.78 Å². The van der Waals surface area contributed by atoms with Gasteiger partial charge in [0, 0.05) is 25.2 Å². The van der Waals surface area contributed by atoms with Crippen LogP contribution in [0.25, 0.3) is 11.1 Å². The number of nitrogens with zero attached hydrogens (tertiary/aromatic N) is 1. The van der Waals surface area contributed by atoms with Crippen molar-refractivity contribution in [1.29, 1.82) is 0 Å². The van der Waals surface area contributed by atoms with Crippen LogP contribution in [0.5, 0.6) is 5.75 Å². The first-order valence-electron chi connectivity index (χ1n) is 7.86. The number of ether oxygens (including phenoxy) is 1. The van der Waals surface area contributed by atoms with E-state index in [2.05, 4.69) is 0 Å². The minimum Gasteiger partial charge on any atom is -0.497 e. The number of rotatable bonds is 6. The molecule has 1 amide bonds. The van der Waals surface area contributed by atoms with Gasteiger partial charge in [-0.2, -0.15) is 0 Å². The first kappa shape index (κ1) is 19.4. The van der Waals surface area contributed by atoms with Crippen molar-refractivity contribution in [3.05, 3.63) is 53.6 Å². The van der Waals surface area contributed by atoms with Crippen LogP contribution in [0.15, 0.2) is 36.4 Å². The quantitative estimate of drug-likeness (QED) is 0.854. The molecule has 0 spiro atoms. The second kappa shape index (κ2) is 7.95. The second-order valence-electron chi connectivity index (χ2n) is 5.97. The Morgan fingerprint density at radius 1 is 1.15 bits per heavy atom. The fourth-order valence-electron chi connectivity index (χ4n) is 2.49. The van der Waals surface area contributed by atoms with Gasteiger partial charge in [0.25, 0.3) is 5.91 Å². The predicted octanol–water partition coefficient (Wildman–Crippen LogP) is 3.43. The molecular weight excluding hydrogens is 344 g/mol. The van der Waals surface area contributed by atoms with Crippen molar-refractivity contribution in [1.82, 2.24) is 4.90 Å². The molecule has 2 rings (SSSR count). The Balaban J connectivity index is 2.27. The van der Waals surface area contributed by atoms with Crippen molar-refractivity contribution in [2.45, 2.75) is 6.92 Å². The number of methoxy groups -OCH3 is 1. The standard InChI is InChI=1S/C19H19F2NO4/c1-11(19(24)25)10-22(2)18(23)15-6-4-12(8-16(15)20)14-7-5-13(26-3)9-17(14)21/h4-9,11H,10H2,1-3H3,(H,24,25). The van der Waals surface area contributed by atoms with Crippen LogP contribution >= 0.6 is 0 Å². The monoisotopic (exact) mass is 363 g/mol. The Hall–Kier alpha value is -2.96. The lowest BCUT2D eigenvalue weighted by Crippen LogP contribution is -2.34. The SMILES string of the molecule is COc1ccc(-c2ccc(C(=O)N(C)CC(C)C(=O)O)c(F)c2)c(F)c1. The summed E-state index contributed by atoms with van der Waals surface area (Å²) in [5.41, 5.74) is 0.250. The molecule has 0 aromatic heterocycles. The van der Waals surface area contributed by atoms with Gasteiger partial charge in [-0.15, -0.1) is 0 Å². The van der Waals surface area contributed by atoms with E-state index in [1.807, 2.05) is 0 Å². The lowest BCUT2D eigenvalue weighted by molar-refractivity contribution is -0.141. The molecule has 0 aliphatic rings. The molecule has 0 aliphatic heterocycles. The van der Waals surface area contributed by atoms with Gasteiger partial charge in [-0.1, -0.05) is 13.0 Å². The summed E-state index contributed by atoms with van der Waals surface area (Å²) in [7, 11) is 2.81. The molecule has 2 aromatic carbocycles. The molecule has 2 aromatic rings. The van der Waals surface area contributed by atoms with Crippen LogP contribution in [0.2, 0.25) is 0 Å². The summed E-state index contributed by atoms with van der Waals surface area (Å²) < 4.78 is 33.5. The topological polar surface area (TPSA) is 66.8 Å². The Bertz CT molecular complexity index is 838. The van der Waals surface area contributed by atoms with E-state index in [0.717, 1.165) is 11.0 Å².